The number of hydrogen-bond donors (Lipinski definition) is 3. The molecule has 0 atom stereocenters. The Morgan fingerprint density at radius 3 is 2.33 bits per heavy atom. The number of aromatic carboxylic acids is 1. The number of carboxylic acid groups (broad SMARTS) is 2. The Kier molecular flexibility index (Phi) is 4.83. The first-order chi connectivity index (χ1) is 6.61. The molecule has 15 heavy (non-hydrogen) atoms. The monoisotopic (exact) mass is 213 g/mol. The van der Waals surface area contributed by atoms with Crippen molar-refractivity contribution < 1.29 is 25.3 Å². The van der Waals surface area contributed by atoms with Crippen molar-refractivity contribution in [2.45, 2.75) is 0 Å². The molecule has 1 aromatic carbocycles. The van der Waals surface area contributed by atoms with Gasteiger partial charge in [-0.25, -0.2) is 4.79 Å². The average molecular weight is 213 g/mol. The summed E-state index contributed by atoms with van der Waals surface area (Å²) in [7, 11) is 0. The van der Waals surface area contributed by atoms with E-state index in [4.69, 9.17) is 10.2 Å². The molecule has 0 spiro atoms. The molecular formula is C9H11NO5. The quantitative estimate of drug-likeness (QED) is 0.653. The van der Waals surface area contributed by atoms with Crippen LogP contribution in [0, 0.1) is 0 Å². The topological polar surface area (TPSA) is 118 Å². The van der Waals surface area contributed by atoms with E-state index < -0.39 is 11.9 Å². The van der Waals surface area contributed by atoms with Crippen molar-refractivity contribution in [2.24, 2.45) is 0 Å². The number of aliphatic carboxylic acids is 1. The number of carbonyl (C=O) groups is 2. The summed E-state index contributed by atoms with van der Waals surface area (Å²) in [6.45, 7) is -0.301. The Morgan fingerprint density at radius 2 is 1.80 bits per heavy atom. The van der Waals surface area contributed by atoms with E-state index in [-0.39, 0.29) is 17.6 Å². The van der Waals surface area contributed by atoms with E-state index in [2.05, 4.69) is 5.32 Å². The van der Waals surface area contributed by atoms with Gasteiger partial charge >= 0.3 is 11.9 Å². The molecule has 0 radical (unpaired) electrons. The Balaban J connectivity index is 0.00000196. The number of nitrogens with one attached hydrogen (secondary N) is 1. The number of hydrogen-bond acceptors (Lipinski definition) is 3. The van der Waals surface area contributed by atoms with Gasteiger partial charge in [-0.15, -0.1) is 0 Å². The van der Waals surface area contributed by atoms with Gasteiger partial charge in [0.1, 0.15) is 6.54 Å². The third kappa shape index (κ3) is 3.65. The molecular weight excluding hydrogens is 202 g/mol. The summed E-state index contributed by atoms with van der Waals surface area (Å²) < 4.78 is 0. The number of benzene rings is 1. The molecule has 0 aliphatic rings. The van der Waals surface area contributed by atoms with Crippen LogP contribution >= 0.6 is 0 Å². The van der Waals surface area contributed by atoms with E-state index in [1.807, 2.05) is 0 Å². The van der Waals surface area contributed by atoms with Gasteiger partial charge < -0.3 is 21.0 Å². The summed E-state index contributed by atoms with van der Waals surface area (Å²) in [5, 5.41) is 19.7. The zero-order valence-electron chi connectivity index (χ0n) is 7.73. The Bertz CT molecular complexity index is 363. The number of rotatable bonds is 4. The predicted molar refractivity (Wildman–Crippen MR) is 53.1 cm³/mol. The molecule has 0 fully saturated rings. The third-order valence-corrected chi connectivity index (χ3v) is 1.59. The fourth-order valence-electron chi connectivity index (χ4n) is 0.995. The van der Waals surface area contributed by atoms with Crippen LogP contribution in [0.15, 0.2) is 24.3 Å². The zero-order chi connectivity index (χ0) is 10.6. The molecule has 6 nitrogen and oxygen atoms in total. The summed E-state index contributed by atoms with van der Waals surface area (Å²) in [6, 6.07) is 6.14. The minimum absolute atomic E-state index is 0. The van der Waals surface area contributed by atoms with Gasteiger partial charge in [0.25, 0.3) is 0 Å². The normalized spacial score (nSPS) is 8.80. The molecule has 0 amide bonds. The Morgan fingerprint density at radius 1 is 1.20 bits per heavy atom. The van der Waals surface area contributed by atoms with Crippen LogP contribution in [0.4, 0.5) is 5.69 Å². The summed E-state index contributed by atoms with van der Waals surface area (Å²) in [4.78, 5) is 20.9. The molecule has 1 rings (SSSR count). The van der Waals surface area contributed by atoms with Crippen molar-refractivity contribution >= 4 is 17.6 Å². The number of para-hydroxylation sites is 1. The van der Waals surface area contributed by atoms with Crippen LogP contribution < -0.4 is 5.32 Å². The van der Waals surface area contributed by atoms with E-state index >= 15 is 0 Å². The minimum atomic E-state index is -1.08. The van der Waals surface area contributed by atoms with Gasteiger partial charge in [-0.1, -0.05) is 12.1 Å². The van der Waals surface area contributed by atoms with E-state index in [1.54, 1.807) is 12.1 Å². The van der Waals surface area contributed by atoms with Crippen molar-refractivity contribution in [1.82, 2.24) is 0 Å². The van der Waals surface area contributed by atoms with Crippen LogP contribution in [-0.2, 0) is 4.79 Å². The Hall–Kier alpha value is -2.08. The zero-order valence-corrected chi connectivity index (χ0v) is 7.73. The summed E-state index contributed by atoms with van der Waals surface area (Å²) in [6.07, 6.45) is 0. The second-order valence-corrected chi connectivity index (χ2v) is 2.60. The lowest BCUT2D eigenvalue weighted by atomic mass is 10.2. The lowest BCUT2D eigenvalue weighted by molar-refractivity contribution is -0.134. The maximum atomic E-state index is 10.7. The minimum Gasteiger partial charge on any atom is -0.480 e. The van der Waals surface area contributed by atoms with Crippen molar-refractivity contribution in [1.29, 1.82) is 0 Å². The highest BCUT2D eigenvalue weighted by Crippen LogP contribution is 2.13. The lowest BCUT2D eigenvalue weighted by Crippen LogP contribution is -2.14. The van der Waals surface area contributed by atoms with Gasteiger partial charge in [0, 0.05) is 5.69 Å². The first-order valence-corrected chi connectivity index (χ1v) is 3.89. The van der Waals surface area contributed by atoms with E-state index in [9.17, 15) is 9.59 Å². The fraction of sp³-hybridized carbons (Fsp3) is 0.111. The van der Waals surface area contributed by atoms with Crippen molar-refractivity contribution in [2.75, 3.05) is 11.9 Å². The van der Waals surface area contributed by atoms with Gasteiger partial charge in [-0.05, 0) is 12.1 Å². The molecule has 5 N–H and O–H groups in total. The van der Waals surface area contributed by atoms with Gasteiger partial charge in [0.15, 0.2) is 0 Å². The first-order valence-electron chi connectivity index (χ1n) is 3.89. The van der Waals surface area contributed by atoms with Gasteiger partial charge in [-0.2, -0.15) is 0 Å². The summed E-state index contributed by atoms with van der Waals surface area (Å²) in [5.41, 5.74) is 0.371. The largest absolute Gasteiger partial charge is 0.480 e. The van der Waals surface area contributed by atoms with Crippen LogP contribution in [0.25, 0.3) is 0 Å². The molecule has 0 aromatic heterocycles. The van der Waals surface area contributed by atoms with Crippen LogP contribution in [0.1, 0.15) is 10.4 Å². The molecule has 0 heterocycles. The number of carboxylic acids is 2. The summed E-state index contributed by atoms with van der Waals surface area (Å²) >= 11 is 0. The van der Waals surface area contributed by atoms with Crippen molar-refractivity contribution in [3.05, 3.63) is 29.8 Å². The second kappa shape index (κ2) is 5.61. The maximum absolute atomic E-state index is 10.7. The van der Waals surface area contributed by atoms with Gasteiger partial charge in [0.2, 0.25) is 0 Å². The molecule has 0 unspecified atom stereocenters. The van der Waals surface area contributed by atoms with Crippen LogP contribution in [-0.4, -0.2) is 34.2 Å². The van der Waals surface area contributed by atoms with Crippen molar-refractivity contribution in [3.8, 4) is 0 Å². The smallest absolute Gasteiger partial charge is 0.337 e. The summed E-state index contributed by atoms with van der Waals surface area (Å²) in [5.74, 6) is -2.12. The van der Waals surface area contributed by atoms with Gasteiger partial charge in [-0.3, -0.25) is 4.79 Å². The van der Waals surface area contributed by atoms with Crippen LogP contribution in [0.3, 0.4) is 0 Å². The highest BCUT2D eigenvalue weighted by molar-refractivity contribution is 5.94. The molecule has 6 heteroatoms. The average Bonchev–Trinajstić information content (AvgIpc) is 2.15. The molecule has 0 saturated heterocycles. The number of anilines is 1. The fourth-order valence-corrected chi connectivity index (χ4v) is 0.995. The SMILES string of the molecule is O.O=C(O)CNc1ccccc1C(=O)O. The standard InChI is InChI=1S/C9H9NO4.H2O/c11-8(12)5-10-7-4-2-1-3-6(7)9(13)14;/h1-4,10H,5H2,(H,11,12)(H,13,14);1H2. The maximum Gasteiger partial charge on any atom is 0.337 e. The van der Waals surface area contributed by atoms with E-state index in [1.165, 1.54) is 12.1 Å². The lowest BCUT2D eigenvalue weighted by Gasteiger charge is -2.06. The molecule has 1 aromatic rings. The molecule has 0 saturated carbocycles. The van der Waals surface area contributed by atoms with E-state index in [0.29, 0.717) is 5.69 Å². The molecule has 82 valence electrons. The highest BCUT2D eigenvalue weighted by Gasteiger charge is 2.08. The van der Waals surface area contributed by atoms with Gasteiger partial charge in [0.05, 0.1) is 5.56 Å². The molecule has 0 aliphatic heterocycles. The predicted octanol–water partition coefficient (Wildman–Crippen LogP) is 0.0566. The third-order valence-electron chi connectivity index (χ3n) is 1.59. The Labute approximate surface area is 85.5 Å². The molecule has 0 aliphatic carbocycles. The van der Waals surface area contributed by atoms with Crippen LogP contribution in [0.2, 0.25) is 0 Å². The molecule has 0 bridgehead atoms. The first kappa shape index (κ1) is 12.9. The second-order valence-electron chi connectivity index (χ2n) is 2.60. The van der Waals surface area contributed by atoms with Crippen molar-refractivity contribution in [3.63, 3.8) is 0 Å². The van der Waals surface area contributed by atoms with Crippen LogP contribution in [0.5, 0.6) is 0 Å². The highest BCUT2D eigenvalue weighted by atomic mass is 16.4. The van der Waals surface area contributed by atoms with E-state index in [0.717, 1.165) is 0 Å².